The van der Waals surface area contributed by atoms with E-state index < -0.39 is 5.97 Å². The lowest BCUT2D eigenvalue weighted by atomic mass is 9.81. The second kappa shape index (κ2) is 8.91. The van der Waals surface area contributed by atoms with Crippen LogP contribution in [-0.2, 0) is 16.2 Å². The molecule has 1 aliphatic rings. The van der Waals surface area contributed by atoms with Crippen molar-refractivity contribution < 1.29 is 19.4 Å². The third kappa shape index (κ3) is 5.12. The minimum atomic E-state index is -0.754. The Hall–Kier alpha value is -2.82. The smallest absolute Gasteiger partial charge is 0.306 e. The van der Waals surface area contributed by atoms with Gasteiger partial charge >= 0.3 is 5.97 Å². The van der Waals surface area contributed by atoms with Gasteiger partial charge in [0.05, 0.1) is 5.92 Å². The number of carboxylic acids is 1. The molecule has 1 amide bonds. The molecule has 5 heteroatoms. The molecule has 0 unspecified atom stereocenters. The Bertz CT molecular complexity index is 853. The molecule has 3 rings (SSSR count). The second-order valence-electron chi connectivity index (χ2n) is 7.63. The summed E-state index contributed by atoms with van der Waals surface area (Å²) < 4.78 is 5.87. The molecule has 2 aromatic rings. The standard InChI is InChI=1S/C23H27NO4/c1-15-4-3-5-17(12-15)14-28-20-10-11-21(16(2)13-20)24-22(25)18-6-8-19(9-7-18)23(26)27/h3-5,10-13,18-19H,6-9,14H2,1-2H3,(H,24,25)(H,26,27). The van der Waals surface area contributed by atoms with Gasteiger partial charge in [0.25, 0.3) is 0 Å². The van der Waals surface area contributed by atoms with Gasteiger partial charge in [-0.05, 0) is 68.9 Å². The quantitative estimate of drug-likeness (QED) is 0.760. The number of ether oxygens (including phenoxy) is 1. The van der Waals surface area contributed by atoms with Gasteiger partial charge in [0.15, 0.2) is 0 Å². The van der Waals surface area contributed by atoms with Crippen molar-refractivity contribution in [3.8, 4) is 5.75 Å². The van der Waals surface area contributed by atoms with Gasteiger partial charge in [-0.25, -0.2) is 0 Å². The number of benzene rings is 2. The Morgan fingerprint density at radius 2 is 1.75 bits per heavy atom. The van der Waals surface area contributed by atoms with E-state index >= 15 is 0 Å². The van der Waals surface area contributed by atoms with E-state index in [2.05, 4.69) is 24.4 Å². The van der Waals surface area contributed by atoms with E-state index in [-0.39, 0.29) is 17.7 Å². The minimum Gasteiger partial charge on any atom is -0.489 e. The van der Waals surface area contributed by atoms with Crippen LogP contribution in [0.4, 0.5) is 5.69 Å². The fraction of sp³-hybridized carbons (Fsp3) is 0.391. The van der Waals surface area contributed by atoms with E-state index in [9.17, 15) is 9.59 Å². The van der Waals surface area contributed by atoms with Crippen molar-refractivity contribution in [3.63, 3.8) is 0 Å². The molecule has 0 saturated heterocycles. The zero-order chi connectivity index (χ0) is 20.1. The average Bonchev–Trinajstić information content (AvgIpc) is 2.68. The predicted octanol–water partition coefficient (Wildman–Crippen LogP) is 4.71. The first-order valence-electron chi connectivity index (χ1n) is 9.75. The SMILES string of the molecule is Cc1cccc(COc2ccc(NC(=O)C3CCC(C(=O)O)CC3)c(C)c2)c1. The number of hydrogen-bond acceptors (Lipinski definition) is 3. The number of hydrogen-bond donors (Lipinski definition) is 2. The van der Waals surface area contributed by atoms with Crippen LogP contribution in [0.2, 0.25) is 0 Å². The van der Waals surface area contributed by atoms with Gasteiger partial charge < -0.3 is 15.2 Å². The fourth-order valence-electron chi connectivity index (χ4n) is 3.67. The summed E-state index contributed by atoms with van der Waals surface area (Å²) in [5.41, 5.74) is 4.03. The second-order valence-corrected chi connectivity index (χ2v) is 7.63. The van der Waals surface area contributed by atoms with Crippen molar-refractivity contribution in [2.45, 2.75) is 46.1 Å². The first kappa shape index (κ1) is 19.9. The molecule has 5 nitrogen and oxygen atoms in total. The molecule has 0 aliphatic heterocycles. The van der Waals surface area contributed by atoms with Gasteiger partial charge in [-0.2, -0.15) is 0 Å². The van der Waals surface area contributed by atoms with E-state index in [1.54, 1.807) is 0 Å². The highest BCUT2D eigenvalue weighted by Crippen LogP contribution is 2.30. The molecule has 0 aromatic heterocycles. The summed E-state index contributed by atoms with van der Waals surface area (Å²) in [5.74, 6) is -0.446. The minimum absolute atomic E-state index is 0.0274. The molecule has 0 spiro atoms. The highest BCUT2D eigenvalue weighted by molar-refractivity contribution is 5.93. The number of anilines is 1. The number of carbonyl (C=O) groups excluding carboxylic acids is 1. The summed E-state index contributed by atoms with van der Waals surface area (Å²) in [6.07, 6.45) is 2.38. The summed E-state index contributed by atoms with van der Waals surface area (Å²) in [6.45, 7) is 4.50. The monoisotopic (exact) mass is 381 g/mol. The molecular formula is C23H27NO4. The Morgan fingerprint density at radius 3 is 2.39 bits per heavy atom. The van der Waals surface area contributed by atoms with Gasteiger partial charge in [-0.15, -0.1) is 0 Å². The largest absolute Gasteiger partial charge is 0.489 e. The molecule has 0 bridgehead atoms. The van der Waals surface area contributed by atoms with Crippen LogP contribution in [0.3, 0.4) is 0 Å². The molecule has 1 saturated carbocycles. The maximum Gasteiger partial charge on any atom is 0.306 e. The number of carbonyl (C=O) groups is 2. The molecule has 2 N–H and O–H groups in total. The maximum atomic E-state index is 12.5. The highest BCUT2D eigenvalue weighted by Gasteiger charge is 2.29. The lowest BCUT2D eigenvalue weighted by molar-refractivity contribution is -0.143. The van der Waals surface area contributed by atoms with Crippen LogP contribution < -0.4 is 10.1 Å². The van der Waals surface area contributed by atoms with Crippen LogP contribution in [0, 0.1) is 25.7 Å². The van der Waals surface area contributed by atoms with Gasteiger partial charge in [0, 0.05) is 11.6 Å². The van der Waals surface area contributed by atoms with Crippen LogP contribution in [0.5, 0.6) is 5.75 Å². The van der Waals surface area contributed by atoms with Crippen molar-refractivity contribution in [2.75, 3.05) is 5.32 Å². The first-order valence-corrected chi connectivity index (χ1v) is 9.75. The third-order valence-corrected chi connectivity index (χ3v) is 5.39. The van der Waals surface area contributed by atoms with Crippen molar-refractivity contribution >= 4 is 17.6 Å². The molecule has 0 radical (unpaired) electrons. The molecule has 1 fully saturated rings. The van der Waals surface area contributed by atoms with Crippen molar-refractivity contribution in [2.24, 2.45) is 11.8 Å². The molecular weight excluding hydrogens is 354 g/mol. The van der Waals surface area contributed by atoms with E-state index in [0.717, 1.165) is 22.6 Å². The molecule has 148 valence electrons. The topological polar surface area (TPSA) is 75.6 Å². The van der Waals surface area contributed by atoms with Crippen molar-refractivity contribution in [1.29, 1.82) is 0 Å². The summed E-state index contributed by atoms with van der Waals surface area (Å²) in [5, 5.41) is 12.1. The van der Waals surface area contributed by atoms with Crippen LogP contribution >= 0.6 is 0 Å². The van der Waals surface area contributed by atoms with E-state index in [1.165, 1.54) is 5.56 Å². The van der Waals surface area contributed by atoms with Crippen LogP contribution in [-0.4, -0.2) is 17.0 Å². The number of rotatable bonds is 6. The van der Waals surface area contributed by atoms with Crippen molar-refractivity contribution in [1.82, 2.24) is 0 Å². The van der Waals surface area contributed by atoms with E-state index in [0.29, 0.717) is 32.3 Å². The van der Waals surface area contributed by atoms with Gasteiger partial charge in [-0.3, -0.25) is 9.59 Å². The summed E-state index contributed by atoms with van der Waals surface area (Å²) >= 11 is 0. The zero-order valence-corrected chi connectivity index (χ0v) is 16.4. The van der Waals surface area contributed by atoms with E-state index in [1.807, 2.05) is 37.3 Å². The van der Waals surface area contributed by atoms with Crippen LogP contribution in [0.1, 0.15) is 42.4 Å². The number of carboxylic acid groups (broad SMARTS) is 1. The number of amides is 1. The van der Waals surface area contributed by atoms with Crippen LogP contribution in [0.25, 0.3) is 0 Å². The molecule has 0 heterocycles. The van der Waals surface area contributed by atoms with Crippen LogP contribution in [0.15, 0.2) is 42.5 Å². The molecule has 1 aliphatic carbocycles. The average molecular weight is 381 g/mol. The van der Waals surface area contributed by atoms with Crippen molar-refractivity contribution in [3.05, 3.63) is 59.2 Å². The van der Waals surface area contributed by atoms with Gasteiger partial charge in [0.1, 0.15) is 12.4 Å². The van der Waals surface area contributed by atoms with Gasteiger partial charge in [-0.1, -0.05) is 29.8 Å². The zero-order valence-electron chi connectivity index (χ0n) is 16.4. The number of nitrogens with one attached hydrogen (secondary N) is 1. The third-order valence-electron chi connectivity index (χ3n) is 5.39. The summed E-state index contributed by atoms with van der Waals surface area (Å²) in [7, 11) is 0. The Kier molecular flexibility index (Phi) is 6.34. The number of aliphatic carboxylic acids is 1. The predicted molar refractivity (Wildman–Crippen MR) is 108 cm³/mol. The van der Waals surface area contributed by atoms with E-state index in [4.69, 9.17) is 9.84 Å². The Labute approximate surface area is 165 Å². The first-order chi connectivity index (χ1) is 13.4. The van der Waals surface area contributed by atoms with Gasteiger partial charge in [0.2, 0.25) is 5.91 Å². The Balaban J connectivity index is 1.55. The summed E-state index contributed by atoms with van der Waals surface area (Å²) in [6, 6.07) is 13.9. The lowest BCUT2D eigenvalue weighted by Gasteiger charge is -2.25. The Morgan fingerprint density at radius 1 is 1.04 bits per heavy atom. The normalized spacial score (nSPS) is 19.1. The molecule has 2 aromatic carbocycles. The lowest BCUT2D eigenvalue weighted by Crippen LogP contribution is -2.29. The fourth-order valence-corrected chi connectivity index (χ4v) is 3.67. The number of aryl methyl sites for hydroxylation is 2. The summed E-state index contributed by atoms with van der Waals surface area (Å²) in [4.78, 5) is 23.6. The highest BCUT2D eigenvalue weighted by atomic mass is 16.5. The maximum absolute atomic E-state index is 12.5. The molecule has 28 heavy (non-hydrogen) atoms. The molecule has 0 atom stereocenters.